The Hall–Kier alpha value is -3.31. The topological polar surface area (TPSA) is 146 Å². The van der Waals surface area contributed by atoms with Gasteiger partial charge in [0.05, 0.1) is 29.0 Å². The summed E-state index contributed by atoms with van der Waals surface area (Å²) in [6.45, 7) is 3.63. The van der Waals surface area contributed by atoms with Crippen LogP contribution in [0.4, 0.5) is 5.69 Å². The van der Waals surface area contributed by atoms with E-state index in [1.165, 1.54) is 41.2 Å². The van der Waals surface area contributed by atoms with Crippen LogP contribution in [0.3, 0.4) is 0 Å². The lowest BCUT2D eigenvalue weighted by atomic mass is 10.2. The molecule has 2 heterocycles. The van der Waals surface area contributed by atoms with Crippen molar-refractivity contribution in [3.05, 3.63) is 53.5 Å². The Bertz CT molecular complexity index is 1170. The van der Waals surface area contributed by atoms with E-state index < -0.39 is 21.9 Å². The van der Waals surface area contributed by atoms with E-state index in [1.54, 1.807) is 13.8 Å². The van der Waals surface area contributed by atoms with Crippen molar-refractivity contribution in [3.63, 3.8) is 0 Å². The van der Waals surface area contributed by atoms with Crippen LogP contribution < -0.4 is 10.5 Å². The maximum absolute atomic E-state index is 12.4. The molecule has 0 bridgehead atoms. The van der Waals surface area contributed by atoms with Crippen LogP contribution in [0.15, 0.2) is 41.6 Å². The van der Waals surface area contributed by atoms with Crippen molar-refractivity contribution in [1.29, 1.82) is 0 Å². The van der Waals surface area contributed by atoms with Crippen molar-refractivity contribution in [2.24, 2.45) is 5.14 Å². The average Bonchev–Trinajstić information content (AvgIpc) is 3.05. The third-order valence-electron chi connectivity index (χ3n) is 3.96. The molecule has 1 aromatic carbocycles. The zero-order chi connectivity index (χ0) is 20.5. The van der Waals surface area contributed by atoms with E-state index in [1.807, 2.05) is 0 Å². The van der Waals surface area contributed by atoms with E-state index in [0.29, 0.717) is 17.0 Å². The number of aromatic nitrogens is 3. The quantitative estimate of drug-likeness (QED) is 0.607. The van der Waals surface area contributed by atoms with Crippen molar-refractivity contribution >= 4 is 33.2 Å². The lowest BCUT2D eigenvalue weighted by Crippen LogP contribution is -2.15. The van der Waals surface area contributed by atoms with Gasteiger partial charge in [0.1, 0.15) is 5.69 Å². The molecule has 3 rings (SSSR count). The number of nitrogens with one attached hydrogen (secondary N) is 1. The summed E-state index contributed by atoms with van der Waals surface area (Å²) < 4.78 is 29.0. The molecular formula is C17H17N5O5S. The summed E-state index contributed by atoms with van der Waals surface area (Å²) in [6, 6.07) is 5.18. The maximum atomic E-state index is 12.4. The molecule has 0 aliphatic carbocycles. The first-order valence-corrected chi connectivity index (χ1v) is 9.71. The molecule has 0 atom stereocenters. The lowest BCUT2D eigenvalue weighted by Gasteiger charge is -2.07. The predicted octanol–water partition coefficient (Wildman–Crippen LogP) is 1.11. The lowest BCUT2D eigenvalue weighted by molar-refractivity contribution is 0.0524. The van der Waals surface area contributed by atoms with Crippen LogP contribution in [-0.4, -0.2) is 41.5 Å². The average molecular weight is 403 g/mol. The Kier molecular flexibility index (Phi) is 5.12. The number of hydrogen-bond donors (Lipinski definition) is 2. The second-order valence-corrected chi connectivity index (χ2v) is 7.36. The summed E-state index contributed by atoms with van der Waals surface area (Å²) in [4.78, 5) is 28.5. The first-order chi connectivity index (χ1) is 13.2. The number of ether oxygens (including phenoxy) is 1. The molecule has 0 spiro atoms. The van der Waals surface area contributed by atoms with Crippen LogP contribution in [0.1, 0.15) is 33.3 Å². The summed E-state index contributed by atoms with van der Waals surface area (Å²) in [5.41, 5.74) is 1.70. The second-order valence-electron chi connectivity index (χ2n) is 5.79. The van der Waals surface area contributed by atoms with Crippen molar-refractivity contribution < 1.29 is 22.7 Å². The molecule has 0 unspecified atom stereocenters. The molecular weight excluding hydrogens is 386 g/mol. The molecule has 146 valence electrons. The van der Waals surface area contributed by atoms with Gasteiger partial charge in [0.15, 0.2) is 5.65 Å². The number of primary sulfonamides is 1. The Labute approximate surface area is 160 Å². The number of anilines is 1. The molecule has 0 aliphatic rings. The largest absolute Gasteiger partial charge is 0.462 e. The minimum absolute atomic E-state index is 0.0937. The molecule has 3 N–H and O–H groups in total. The van der Waals surface area contributed by atoms with E-state index in [0.717, 1.165) is 0 Å². The summed E-state index contributed by atoms with van der Waals surface area (Å²) in [5, 5.41) is 11.9. The molecule has 0 radical (unpaired) electrons. The molecule has 0 aliphatic heterocycles. The van der Waals surface area contributed by atoms with E-state index in [-0.39, 0.29) is 22.6 Å². The van der Waals surface area contributed by atoms with Crippen molar-refractivity contribution in [2.45, 2.75) is 18.7 Å². The predicted molar refractivity (Wildman–Crippen MR) is 99.4 cm³/mol. The molecule has 2 aromatic heterocycles. The third-order valence-corrected chi connectivity index (χ3v) is 4.89. The van der Waals surface area contributed by atoms with Crippen LogP contribution in [0.25, 0.3) is 5.65 Å². The van der Waals surface area contributed by atoms with Gasteiger partial charge in [0.2, 0.25) is 10.0 Å². The molecule has 0 saturated carbocycles. The number of esters is 1. The van der Waals surface area contributed by atoms with Gasteiger partial charge in [-0.05, 0) is 38.1 Å². The van der Waals surface area contributed by atoms with Crippen molar-refractivity contribution in [1.82, 2.24) is 14.6 Å². The van der Waals surface area contributed by atoms with E-state index in [9.17, 15) is 18.0 Å². The van der Waals surface area contributed by atoms with Gasteiger partial charge >= 0.3 is 5.97 Å². The van der Waals surface area contributed by atoms with Crippen LogP contribution in [-0.2, 0) is 14.8 Å². The number of amides is 1. The van der Waals surface area contributed by atoms with Gasteiger partial charge in [-0.15, -0.1) is 0 Å². The number of carbonyl (C=O) groups is 2. The highest BCUT2D eigenvalue weighted by atomic mass is 32.2. The fourth-order valence-corrected chi connectivity index (χ4v) is 3.05. The van der Waals surface area contributed by atoms with Gasteiger partial charge in [0, 0.05) is 11.8 Å². The van der Waals surface area contributed by atoms with Gasteiger partial charge in [-0.1, -0.05) is 0 Å². The zero-order valence-electron chi connectivity index (χ0n) is 15.0. The van der Waals surface area contributed by atoms with Gasteiger partial charge in [0.25, 0.3) is 5.91 Å². The maximum Gasteiger partial charge on any atom is 0.341 e. The fraction of sp³-hybridized carbons (Fsp3) is 0.176. The Morgan fingerprint density at radius 2 is 1.89 bits per heavy atom. The van der Waals surface area contributed by atoms with Crippen LogP contribution in [0.5, 0.6) is 0 Å². The number of sulfonamides is 1. The zero-order valence-corrected chi connectivity index (χ0v) is 15.9. The van der Waals surface area contributed by atoms with Crippen molar-refractivity contribution in [3.8, 4) is 0 Å². The third kappa shape index (κ3) is 3.70. The second kappa shape index (κ2) is 7.37. The van der Waals surface area contributed by atoms with Crippen LogP contribution in [0, 0.1) is 6.92 Å². The number of rotatable bonds is 5. The molecule has 1 amide bonds. The van der Waals surface area contributed by atoms with Gasteiger partial charge in [-0.2, -0.15) is 5.10 Å². The summed E-state index contributed by atoms with van der Waals surface area (Å²) in [6.07, 6.45) is 2.77. The fourth-order valence-electron chi connectivity index (χ4n) is 2.53. The summed E-state index contributed by atoms with van der Waals surface area (Å²) in [5.74, 6) is -0.991. The van der Waals surface area contributed by atoms with E-state index in [2.05, 4.69) is 15.4 Å². The minimum Gasteiger partial charge on any atom is -0.462 e. The summed E-state index contributed by atoms with van der Waals surface area (Å²) >= 11 is 0. The Morgan fingerprint density at radius 1 is 1.21 bits per heavy atom. The highest BCUT2D eigenvalue weighted by Crippen LogP contribution is 2.19. The summed E-state index contributed by atoms with van der Waals surface area (Å²) in [7, 11) is -3.84. The number of hydrogen-bond acceptors (Lipinski definition) is 7. The number of benzene rings is 1. The van der Waals surface area contributed by atoms with Gasteiger partial charge in [-0.25, -0.2) is 27.9 Å². The molecule has 11 heteroatoms. The Balaban J connectivity index is 1.87. The molecule has 0 fully saturated rings. The molecule has 3 aromatic rings. The number of fused-ring (bicyclic) bond motifs is 1. The molecule has 28 heavy (non-hydrogen) atoms. The number of aryl methyl sites for hydroxylation is 1. The SMILES string of the molecule is CCOC(=O)c1cnc2c(NC(=O)c3ccc(S(N)(=O)=O)cc3)cnn2c1C. The van der Waals surface area contributed by atoms with E-state index >= 15 is 0 Å². The van der Waals surface area contributed by atoms with Crippen molar-refractivity contribution in [2.75, 3.05) is 11.9 Å². The molecule has 0 saturated heterocycles. The smallest absolute Gasteiger partial charge is 0.341 e. The highest BCUT2D eigenvalue weighted by Gasteiger charge is 2.18. The van der Waals surface area contributed by atoms with Crippen LogP contribution >= 0.6 is 0 Å². The van der Waals surface area contributed by atoms with E-state index in [4.69, 9.17) is 9.88 Å². The van der Waals surface area contributed by atoms with Gasteiger partial charge < -0.3 is 10.1 Å². The van der Waals surface area contributed by atoms with Crippen LogP contribution in [0.2, 0.25) is 0 Å². The number of nitrogens with zero attached hydrogens (tertiary/aromatic N) is 3. The standard InChI is InChI=1S/C17H17N5O5S/c1-3-27-17(24)13-8-19-15-14(9-20-22(15)10(13)2)21-16(23)11-4-6-12(7-5-11)28(18,25)26/h4-9H,3H2,1-2H3,(H,21,23)(H2,18,25,26). The molecule has 10 nitrogen and oxygen atoms in total. The number of nitrogens with two attached hydrogens (primary N) is 1. The minimum atomic E-state index is -3.84. The first kappa shape index (κ1) is 19.5. The normalized spacial score (nSPS) is 11.4. The highest BCUT2D eigenvalue weighted by molar-refractivity contribution is 7.89. The Morgan fingerprint density at radius 3 is 2.50 bits per heavy atom. The monoisotopic (exact) mass is 403 g/mol. The van der Waals surface area contributed by atoms with Gasteiger partial charge in [-0.3, -0.25) is 4.79 Å². The first-order valence-electron chi connectivity index (χ1n) is 8.17. The number of carbonyl (C=O) groups excluding carboxylic acids is 2.